The lowest BCUT2D eigenvalue weighted by molar-refractivity contribution is 0.586. The van der Waals surface area contributed by atoms with Crippen LogP contribution in [0.15, 0.2) is 60.7 Å². The second kappa shape index (κ2) is 8.61. The van der Waals surface area contributed by atoms with Gasteiger partial charge in [-0.15, -0.1) is 0 Å². The summed E-state index contributed by atoms with van der Waals surface area (Å²) in [6, 6.07) is 19.9. The molecule has 0 saturated carbocycles. The smallest absolute Gasteiger partial charge is 0.209 e. The molecule has 2 N–H and O–H groups in total. The average Bonchev–Trinajstić information content (AvgIpc) is 2.94. The highest BCUT2D eigenvalue weighted by atomic mass is 32.2. The zero-order valence-corrected chi connectivity index (χ0v) is 18.6. The van der Waals surface area contributed by atoms with Gasteiger partial charge in [-0.3, -0.25) is 0 Å². The summed E-state index contributed by atoms with van der Waals surface area (Å²) in [5.41, 5.74) is 6.25. The molecular formula is C23H26N2O2S2. The predicted molar refractivity (Wildman–Crippen MR) is 123 cm³/mol. The summed E-state index contributed by atoms with van der Waals surface area (Å²) in [4.78, 5) is 0.791. The summed E-state index contributed by atoms with van der Waals surface area (Å²) < 4.78 is 25.7. The molecule has 0 spiro atoms. The van der Waals surface area contributed by atoms with Crippen LogP contribution in [-0.4, -0.2) is 23.6 Å². The van der Waals surface area contributed by atoms with E-state index < -0.39 is 10.0 Å². The fourth-order valence-electron chi connectivity index (χ4n) is 3.72. The number of thiocarbonyl (C=S) groups is 1. The summed E-state index contributed by atoms with van der Waals surface area (Å²) in [7, 11) is -1.62. The SMILES string of the molecule is Cc1ccc(C(=S)c2c(C)cc(CC(CS(N)(=O)=O)c3ccccc3)n2C)cc1. The summed E-state index contributed by atoms with van der Waals surface area (Å²) in [5, 5.41) is 5.38. The van der Waals surface area contributed by atoms with Crippen LogP contribution in [0, 0.1) is 13.8 Å². The molecule has 1 aromatic heterocycles. The highest BCUT2D eigenvalue weighted by Crippen LogP contribution is 2.26. The number of aryl methyl sites for hydroxylation is 2. The highest BCUT2D eigenvalue weighted by molar-refractivity contribution is 7.89. The van der Waals surface area contributed by atoms with Crippen LogP contribution < -0.4 is 5.14 Å². The quantitative estimate of drug-likeness (QED) is 0.458. The minimum absolute atomic E-state index is 0.0982. The number of hydrogen-bond acceptors (Lipinski definition) is 3. The van der Waals surface area contributed by atoms with Crippen LogP contribution in [0.1, 0.15) is 39.6 Å². The first-order chi connectivity index (χ1) is 13.7. The molecule has 0 aliphatic carbocycles. The average molecular weight is 427 g/mol. The second-order valence-electron chi connectivity index (χ2n) is 7.56. The fraction of sp³-hybridized carbons (Fsp3) is 0.261. The number of hydrogen-bond donors (Lipinski definition) is 1. The lowest BCUT2D eigenvalue weighted by atomic mass is 9.96. The molecule has 29 heavy (non-hydrogen) atoms. The molecule has 2 aromatic carbocycles. The molecule has 0 fully saturated rings. The van der Waals surface area contributed by atoms with Crippen LogP contribution in [0.25, 0.3) is 0 Å². The van der Waals surface area contributed by atoms with Crippen molar-refractivity contribution in [2.75, 3.05) is 5.75 Å². The number of nitrogens with zero attached hydrogens (tertiary/aromatic N) is 1. The van der Waals surface area contributed by atoms with Gasteiger partial charge in [-0.05, 0) is 43.0 Å². The monoisotopic (exact) mass is 426 g/mol. The number of aromatic nitrogens is 1. The van der Waals surface area contributed by atoms with E-state index in [-0.39, 0.29) is 11.7 Å². The van der Waals surface area contributed by atoms with Crippen molar-refractivity contribution in [3.8, 4) is 0 Å². The van der Waals surface area contributed by atoms with E-state index in [2.05, 4.69) is 22.8 Å². The number of rotatable bonds is 7. The molecule has 0 aliphatic rings. The van der Waals surface area contributed by atoms with E-state index in [0.717, 1.165) is 32.9 Å². The van der Waals surface area contributed by atoms with Crippen LogP contribution in [0.4, 0.5) is 0 Å². The van der Waals surface area contributed by atoms with Crippen LogP contribution >= 0.6 is 12.2 Å². The first-order valence-corrected chi connectivity index (χ1v) is 11.6. The van der Waals surface area contributed by atoms with Gasteiger partial charge in [0.2, 0.25) is 10.0 Å². The van der Waals surface area contributed by atoms with Gasteiger partial charge in [-0.2, -0.15) is 0 Å². The summed E-state index contributed by atoms with van der Waals surface area (Å²) >= 11 is 5.78. The molecule has 0 aliphatic heterocycles. The third kappa shape index (κ3) is 5.21. The number of benzene rings is 2. The van der Waals surface area contributed by atoms with Crippen LogP contribution in [0.3, 0.4) is 0 Å². The molecule has 4 nitrogen and oxygen atoms in total. The van der Waals surface area contributed by atoms with Gasteiger partial charge in [0, 0.05) is 18.7 Å². The van der Waals surface area contributed by atoms with Crippen LogP contribution in [-0.2, 0) is 23.5 Å². The van der Waals surface area contributed by atoms with Gasteiger partial charge in [-0.1, -0.05) is 72.4 Å². The Labute approximate surface area is 178 Å². The standard InChI is InChI=1S/C23H26N2O2S2/c1-16-9-11-19(12-10-16)23(28)22-17(2)13-21(25(22)3)14-20(15-29(24,26)27)18-7-5-4-6-8-18/h4-13,20H,14-15H2,1-3H3,(H2,24,26,27). The Hall–Kier alpha value is -2.28. The van der Waals surface area contributed by atoms with E-state index >= 15 is 0 Å². The van der Waals surface area contributed by atoms with Gasteiger partial charge < -0.3 is 4.57 Å². The summed E-state index contributed by atoms with van der Waals surface area (Å²) in [5.74, 6) is -0.320. The van der Waals surface area contributed by atoms with E-state index in [1.54, 1.807) is 0 Å². The van der Waals surface area contributed by atoms with Gasteiger partial charge in [-0.25, -0.2) is 13.6 Å². The Morgan fingerprint density at radius 1 is 1.07 bits per heavy atom. The molecule has 3 rings (SSSR count). The maximum absolute atomic E-state index is 11.8. The molecular weight excluding hydrogens is 400 g/mol. The third-order valence-electron chi connectivity index (χ3n) is 5.21. The molecule has 1 unspecified atom stereocenters. The van der Waals surface area contributed by atoms with E-state index in [1.165, 1.54) is 5.56 Å². The maximum atomic E-state index is 11.8. The number of nitrogens with two attached hydrogens (primary N) is 1. The van der Waals surface area contributed by atoms with Crippen LogP contribution in [0.2, 0.25) is 0 Å². The lowest BCUT2D eigenvalue weighted by Gasteiger charge is -2.18. The first-order valence-electron chi connectivity index (χ1n) is 9.47. The van der Waals surface area contributed by atoms with Crippen molar-refractivity contribution >= 4 is 27.1 Å². The topological polar surface area (TPSA) is 65.1 Å². The molecule has 3 aromatic rings. The number of primary sulfonamides is 1. The molecule has 6 heteroatoms. The Morgan fingerprint density at radius 2 is 1.69 bits per heavy atom. The predicted octanol–water partition coefficient (Wildman–Crippen LogP) is 4.02. The lowest BCUT2D eigenvalue weighted by Crippen LogP contribution is -2.24. The minimum Gasteiger partial charge on any atom is -0.347 e. The van der Waals surface area contributed by atoms with Crippen molar-refractivity contribution in [3.63, 3.8) is 0 Å². The third-order valence-corrected chi connectivity index (χ3v) is 6.51. The maximum Gasteiger partial charge on any atom is 0.209 e. The minimum atomic E-state index is -3.61. The van der Waals surface area contributed by atoms with Crippen molar-refractivity contribution in [2.45, 2.75) is 26.2 Å². The molecule has 152 valence electrons. The van der Waals surface area contributed by atoms with Gasteiger partial charge in [0.05, 0.1) is 16.3 Å². The summed E-state index contributed by atoms with van der Waals surface area (Å²) in [6.07, 6.45) is 0.564. The van der Waals surface area contributed by atoms with Crippen molar-refractivity contribution in [1.82, 2.24) is 4.57 Å². The van der Waals surface area contributed by atoms with Gasteiger partial charge in [0.1, 0.15) is 0 Å². The van der Waals surface area contributed by atoms with Crippen molar-refractivity contribution in [1.29, 1.82) is 0 Å². The van der Waals surface area contributed by atoms with E-state index in [1.807, 2.05) is 63.4 Å². The molecule has 0 saturated heterocycles. The normalized spacial score (nSPS) is 12.7. The highest BCUT2D eigenvalue weighted by Gasteiger charge is 2.22. The van der Waals surface area contributed by atoms with Gasteiger partial charge in [0.25, 0.3) is 0 Å². The zero-order chi connectivity index (χ0) is 21.2. The molecule has 1 atom stereocenters. The van der Waals surface area contributed by atoms with Gasteiger partial charge >= 0.3 is 0 Å². The van der Waals surface area contributed by atoms with Crippen molar-refractivity contribution < 1.29 is 8.42 Å². The van der Waals surface area contributed by atoms with Gasteiger partial charge in [0.15, 0.2) is 0 Å². The first kappa shape index (κ1) is 21.4. The fourth-order valence-corrected chi connectivity index (χ4v) is 5.03. The number of sulfonamides is 1. The van der Waals surface area contributed by atoms with E-state index in [0.29, 0.717) is 6.42 Å². The van der Waals surface area contributed by atoms with E-state index in [4.69, 9.17) is 17.4 Å². The molecule has 0 bridgehead atoms. The van der Waals surface area contributed by atoms with Crippen LogP contribution in [0.5, 0.6) is 0 Å². The largest absolute Gasteiger partial charge is 0.347 e. The molecule has 1 heterocycles. The Bertz CT molecular complexity index is 1120. The van der Waals surface area contributed by atoms with E-state index in [9.17, 15) is 8.42 Å². The second-order valence-corrected chi connectivity index (χ2v) is 9.63. The molecule has 0 amide bonds. The Balaban J connectivity index is 1.95. The Kier molecular flexibility index (Phi) is 6.36. The molecule has 0 radical (unpaired) electrons. The van der Waals surface area contributed by atoms with Crippen molar-refractivity contribution in [3.05, 3.63) is 94.3 Å². The zero-order valence-electron chi connectivity index (χ0n) is 16.9. The van der Waals surface area contributed by atoms with Crippen molar-refractivity contribution in [2.24, 2.45) is 12.2 Å². The Morgan fingerprint density at radius 3 is 2.28 bits per heavy atom. The summed E-state index contributed by atoms with van der Waals surface area (Å²) in [6.45, 7) is 4.09.